The van der Waals surface area contributed by atoms with Crippen molar-refractivity contribution in [2.75, 3.05) is 26.8 Å². The minimum Gasteiger partial charge on any atom is -0.484 e. The van der Waals surface area contributed by atoms with E-state index in [0.717, 1.165) is 12.8 Å². The molecule has 1 aromatic carbocycles. The second-order valence-electron chi connectivity index (χ2n) is 7.12. The van der Waals surface area contributed by atoms with Gasteiger partial charge in [-0.15, -0.1) is 0 Å². The van der Waals surface area contributed by atoms with E-state index in [1.54, 1.807) is 17.2 Å². The summed E-state index contributed by atoms with van der Waals surface area (Å²) in [4.78, 5) is 22.5. The summed E-state index contributed by atoms with van der Waals surface area (Å²) >= 11 is 0. The van der Waals surface area contributed by atoms with E-state index in [1.165, 1.54) is 12.7 Å². The largest absolute Gasteiger partial charge is 0.484 e. The highest BCUT2D eigenvalue weighted by Crippen LogP contribution is 2.20. The molecule has 1 aliphatic heterocycles. The Morgan fingerprint density at radius 3 is 2.75 bits per heavy atom. The van der Waals surface area contributed by atoms with E-state index >= 15 is 0 Å². The topological polar surface area (TPSA) is 73.8 Å². The number of carbonyl (C=O) groups excluding carboxylic acids is 1. The van der Waals surface area contributed by atoms with Crippen molar-refractivity contribution in [3.8, 4) is 17.6 Å². The van der Waals surface area contributed by atoms with Gasteiger partial charge in [0, 0.05) is 18.8 Å². The highest BCUT2D eigenvalue weighted by Gasteiger charge is 2.25. The van der Waals surface area contributed by atoms with Gasteiger partial charge in [0.1, 0.15) is 11.9 Å². The predicted octanol–water partition coefficient (Wildman–Crippen LogP) is 3.06. The van der Waals surface area contributed by atoms with Crippen LogP contribution in [0.15, 0.2) is 36.5 Å². The average Bonchev–Trinajstić information content (AvgIpc) is 2.72. The van der Waals surface area contributed by atoms with Gasteiger partial charge >= 0.3 is 6.01 Å². The van der Waals surface area contributed by atoms with Gasteiger partial charge in [0.15, 0.2) is 6.61 Å². The van der Waals surface area contributed by atoms with Gasteiger partial charge in [0.2, 0.25) is 5.88 Å². The first-order valence-corrected chi connectivity index (χ1v) is 9.59. The van der Waals surface area contributed by atoms with Gasteiger partial charge in [-0.05, 0) is 36.5 Å². The molecular weight excluding hydrogens is 358 g/mol. The van der Waals surface area contributed by atoms with E-state index in [-0.39, 0.29) is 24.6 Å². The average molecular weight is 385 g/mol. The molecular formula is C21H27N3O4. The zero-order valence-electron chi connectivity index (χ0n) is 16.6. The lowest BCUT2D eigenvalue weighted by Crippen LogP contribution is -2.46. The van der Waals surface area contributed by atoms with Crippen molar-refractivity contribution in [3.63, 3.8) is 0 Å². The van der Waals surface area contributed by atoms with Crippen LogP contribution in [0.4, 0.5) is 0 Å². The number of piperidine rings is 1. The first-order chi connectivity index (χ1) is 13.5. The van der Waals surface area contributed by atoms with Gasteiger partial charge in [-0.3, -0.25) is 4.79 Å². The SMILES string of the molecule is COc1nccc(OC2CCCN(C(=O)COc3ccc(C(C)C)cc3)C2)n1. The molecule has 0 radical (unpaired) electrons. The lowest BCUT2D eigenvalue weighted by atomic mass is 10.0. The molecule has 1 saturated heterocycles. The number of carbonyl (C=O) groups is 1. The summed E-state index contributed by atoms with van der Waals surface area (Å²) < 4.78 is 16.6. The van der Waals surface area contributed by atoms with Crippen molar-refractivity contribution < 1.29 is 19.0 Å². The van der Waals surface area contributed by atoms with Gasteiger partial charge in [0.25, 0.3) is 5.91 Å². The molecule has 1 unspecified atom stereocenters. The van der Waals surface area contributed by atoms with E-state index in [1.807, 2.05) is 24.3 Å². The number of aromatic nitrogens is 2. The number of methoxy groups -OCH3 is 1. The van der Waals surface area contributed by atoms with Gasteiger partial charge in [-0.2, -0.15) is 4.98 Å². The van der Waals surface area contributed by atoms with Crippen molar-refractivity contribution in [2.24, 2.45) is 0 Å². The third kappa shape index (κ3) is 5.34. The third-order valence-corrected chi connectivity index (χ3v) is 4.72. The molecule has 1 aliphatic rings. The first kappa shape index (κ1) is 19.9. The molecule has 1 fully saturated rings. The standard InChI is InChI=1S/C21H27N3O4/c1-15(2)16-6-8-17(9-7-16)27-14-20(25)24-12-4-5-18(13-24)28-19-10-11-22-21(23-19)26-3/h6-11,15,18H,4-5,12-14H2,1-3H3. The highest BCUT2D eigenvalue weighted by atomic mass is 16.5. The Morgan fingerprint density at radius 1 is 1.25 bits per heavy atom. The second-order valence-corrected chi connectivity index (χ2v) is 7.12. The third-order valence-electron chi connectivity index (χ3n) is 4.72. The molecule has 0 saturated carbocycles. The van der Waals surface area contributed by atoms with Gasteiger partial charge in [0.05, 0.1) is 13.7 Å². The molecule has 2 aromatic rings. The quantitative estimate of drug-likeness (QED) is 0.729. The molecule has 3 rings (SSSR count). The minimum absolute atomic E-state index is 0.0229. The summed E-state index contributed by atoms with van der Waals surface area (Å²) in [6, 6.07) is 9.84. The van der Waals surface area contributed by atoms with Crippen LogP contribution < -0.4 is 14.2 Å². The van der Waals surface area contributed by atoms with Crippen LogP contribution in [-0.2, 0) is 4.79 Å². The van der Waals surface area contributed by atoms with E-state index < -0.39 is 0 Å². The van der Waals surface area contributed by atoms with Crippen LogP contribution in [0, 0.1) is 0 Å². The van der Waals surface area contributed by atoms with E-state index in [2.05, 4.69) is 23.8 Å². The molecule has 2 heterocycles. The second kappa shape index (κ2) is 9.39. The Balaban J connectivity index is 1.51. The number of likely N-dealkylation sites (tertiary alicyclic amines) is 1. The van der Waals surface area contributed by atoms with Crippen LogP contribution in [-0.4, -0.2) is 53.7 Å². The maximum absolute atomic E-state index is 12.5. The predicted molar refractivity (Wildman–Crippen MR) is 105 cm³/mol. The van der Waals surface area contributed by atoms with Crippen molar-refractivity contribution >= 4 is 5.91 Å². The summed E-state index contributed by atoms with van der Waals surface area (Å²) in [5, 5.41) is 0. The summed E-state index contributed by atoms with van der Waals surface area (Å²) in [7, 11) is 1.51. The maximum Gasteiger partial charge on any atom is 0.319 e. The van der Waals surface area contributed by atoms with Crippen molar-refractivity contribution in [3.05, 3.63) is 42.1 Å². The normalized spacial score (nSPS) is 16.7. The molecule has 150 valence electrons. The van der Waals surface area contributed by atoms with Gasteiger partial charge < -0.3 is 19.1 Å². The minimum atomic E-state index is -0.109. The molecule has 0 spiro atoms. The molecule has 1 aromatic heterocycles. The fraction of sp³-hybridized carbons (Fsp3) is 0.476. The smallest absolute Gasteiger partial charge is 0.319 e. The van der Waals surface area contributed by atoms with Gasteiger partial charge in [-0.1, -0.05) is 26.0 Å². The Labute approximate surface area is 165 Å². The molecule has 7 nitrogen and oxygen atoms in total. The Bertz CT molecular complexity index is 779. The first-order valence-electron chi connectivity index (χ1n) is 9.59. The number of amides is 1. The molecule has 7 heteroatoms. The summed E-state index contributed by atoms with van der Waals surface area (Å²) in [5.41, 5.74) is 1.25. The van der Waals surface area contributed by atoms with Crippen LogP contribution in [0.25, 0.3) is 0 Å². The van der Waals surface area contributed by atoms with E-state index in [0.29, 0.717) is 30.6 Å². The summed E-state index contributed by atoms with van der Waals surface area (Å²) in [5.74, 6) is 1.58. The lowest BCUT2D eigenvalue weighted by Gasteiger charge is -2.32. The van der Waals surface area contributed by atoms with Crippen LogP contribution >= 0.6 is 0 Å². The van der Waals surface area contributed by atoms with Crippen LogP contribution in [0.1, 0.15) is 38.2 Å². The van der Waals surface area contributed by atoms with Crippen LogP contribution in [0.5, 0.6) is 17.6 Å². The van der Waals surface area contributed by atoms with Crippen molar-refractivity contribution in [1.82, 2.24) is 14.9 Å². The maximum atomic E-state index is 12.5. The summed E-state index contributed by atoms with van der Waals surface area (Å²) in [6.07, 6.45) is 3.23. The van der Waals surface area contributed by atoms with Gasteiger partial charge in [-0.25, -0.2) is 4.98 Å². The molecule has 28 heavy (non-hydrogen) atoms. The van der Waals surface area contributed by atoms with E-state index in [9.17, 15) is 4.79 Å². The zero-order valence-corrected chi connectivity index (χ0v) is 16.6. The molecule has 1 amide bonds. The van der Waals surface area contributed by atoms with Crippen molar-refractivity contribution in [2.45, 2.75) is 38.7 Å². The fourth-order valence-corrected chi connectivity index (χ4v) is 3.11. The van der Waals surface area contributed by atoms with Crippen LogP contribution in [0.2, 0.25) is 0 Å². The Kier molecular flexibility index (Phi) is 6.68. The Hall–Kier alpha value is -2.83. The molecule has 0 bridgehead atoms. The number of benzene rings is 1. The Morgan fingerprint density at radius 2 is 2.04 bits per heavy atom. The number of rotatable bonds is 7. The number of hydrogen-bond donors (Lipinski definition) is 0. The number of ether oxygens (including phenoxy) is 3. The van der Waals surface area contributed by atoms with Crippen LogP contribution in [0.3, 0.4) is 0 Å². The molecule has 0 aliphatic carbocycles. The molecule has 0 N–H and O–H groups in total. The molecule has 1 atom stereocenters. The fourth-order valence-electron chi connectivity index (χ4n) is 3.11. The number of hydrogen-bond acceptors (Lipinski definition) is 6. The monoisotopic (exact) mass is 385 g/mol. The zero-order chi connectivity index (χ0) is 19.9. The number of nitrogens with zero attached hydrogens (tertiary/aromatic N) is 3. The summed E-state index contributed by atoms with van der Waals surface area (Å²) in [6.45, 7) is 5.54. The van der Waals surface area contributed by atoms with Crippen molar-refractivity contribution in [1.29, 1.82) is 0 Å². The lowest BCUT2D eigenvalue weighted by molar-refractivity contribution is -0.136. The highest BCUT2D eigenvalue weighted by molar-refractivity contribution is 5.77. The van der Waals surface area contributed by atoms with E-state index in [4.69, 9.17) is 14.2 Å².